The number of aromatic nitrogens is 1. The number of carboxylic acid groups (broad SMARTS) is 1. The first kappa shape index (κ1) is 15.8. The Balaban J connectivity index is 2.01. The molecular weight excluding hydrogens is 290 g/mol. The highest BCUT2D eigenvalue weighted by atomic mass is 16.4. The first-order valence-corrected chi connectivity index (χ1v) is 6.72. The minimum atomic E-state index is -2.02. The molecular formula is C14H17N3O5. The predicted octanol–water partition coefficient (Wildman–Crippen LogP) is 1.35. The third-order valence-corrected chi connectivity index (χ3v) is 3.05. The maximum absolute atomic E-state index is 11.7. The Kier molecular flexibility index (Phi) is 4.32. The van der Waals surface area contributed by atoms with Crippen molar-refractivity contribution in [3.8, 4) is 0 Å². The summed E-state index contributed by atoms with van der Waals surface area (Å²) < 4.78 is 5.46. The van der Waals surface area contributed by atoms with E-state index in [1.807, 2.05) is 6.92 Å². The largest absolute Gasteiger partial charge is 0.479 e. The van der Waals surface area contributed by atoms with E-state index < -0.39 is 24.1 Å². The molecule has 0 spiro atoms. The number of carboxylic acids is 1. The lowest BCUT2D eigenvalue weighted by atomic mass is 10.1. The molecule has 0 fully saturated rings. The molecule has 2 rings (SSSR count). The van der Waals surface area contributed by atoms with Crippen LogP contribution in [0, 0.1) is 0 Å². The summed E-state index contributed by atoms with van der Waals surface area (Å²) in [7, 11) is 0. The Morgan fingerprint density at radius 1 is 1.41 bits per heavy atom. The van der Waals surface area contributed by atoms with Crippen LogP contribution in [0.3, 0.4) is 0 Å². The first-order valence-electron chi connectivity index (χ1n) is 6.72. The van der Waals surface area contributed by atoms with E-state index in [9.17, 15) is 14.7 Å². The van der Waals surface area contributed by atoms with E-state index in [0.717, 1.165) is 6.92 Å². The van der Waals surface area contributed by atoms with Crippen molar-refractivity contribution in [2.75, 3.05) is 11.9 Å². The lowest BCUT2D eigenvalue weighted by Crippen LogP contribution is -2.47. The molecule has 0 aliphatic rings. The lowest BCUT2D eigenvalue weighted by molar-refractivity contribution is -0.155. The van der Waals surface area contributed by atoms with Gasteiger partial charge in [-0.25, -0.2) is 14.6 Å². The van der Waals surface area contributed by atoms with Gasteiger partial charge in [-0.1, -0.05) is 6.92 Å². The number of anilines is 1. The fourth-order valence-electron chi connectivity index (χ4n) is 1.71. The molecule has 4 N–H and O–H groups in total. The fourth-order valence-corrected chi connectivity index (χ4v) is 1.71. The van der Waals surface area contributed by atoms with E-state index in [4.69, 9.17) is 9.52 Å². The van der Waals surface area contributed by atoms with Crippen LogP contribution in [0.1, 0.15) is 19.7 Å². The van der Waals surface area contributed by atoms with Crippen LogP contribution in [-0.2, 0) is 11.2 Å². The topological polar surface area (TPSA) is 125 Å². The van der Waals surface area contributed by atoms with Gasteiger partial charge in [-0.3, -0.25) is 0 Å². The number of nitrogens with one attached hydrogen (secondary N) is 2. The molecule has 22 heavy (non-hydrogen) atoms. The summed E-state index contributed by atoms with van der Waals surface area (Å²) in [6, 6.07) is 4.35. The highest BCUT2D eigenvalue weighted by molar-refractivity contribution is 5.92. The maximum atomic E-state index is 11.7. The van der Waals surface area contributed by atoms with Gasteiger partial charge in [0.05, 0.1) is 6.54 Å². The number of aliphatic carboxylic acids is 1. The second-order valence-corrected chi connectivity index (χ2v) is 5.03. The lowest BCUT2D eigenvalue weighted by Gasteiger charge is -2.18. The number of carbonyl (C=O) groups is 2. The third kappa shape index (κ3) is 3.53. The average molecular weight is 307 g/mol. The minimum absolute atomic E-state index is 0.416. The molecule has 0 saturated heterocycles. The van der Waals surface area contributed by atoms with Crippen molar-refractivity contribution in [2.24, 2.45) is 0 Å². The Morgan fingerprint density at radius 3 is 2.77 bits per heavy atom. The molecule has 1 aromatic carbocycles. The van der Waals surface area contributed by atoms with Crippen molar-refractivity contribution in [1.82, 2.24) is 10.3 Å². The van der Waals surface area contributed by atoms with Gasteiger partial charge in [-0.2, -0.15) is 0 Å². The van der Waals surface area contributed by atoms with Crippen LogP contribution in [0.5, 0.6) is 0 Å². The van der Waals surface area contributed by atoms with Gasteiger partial charge in [0.1, 0.15) is 5.52 Å². The van der Waals surface area contributed by atoms with Gasteiger partial charge in [-0.15, -0.1) is 0 Å². The number of aliphatic hydroxyl groups is 1. The van der Waals surface area contributed by atoms with Crippen molar-refractivity contribution in [2.45, 2.75) is 25.9 Å². The second kappa shape index (κ2) is 6.02. The predicted molar refractivity (Wildman–Crippen MR) is 78.7 cm³/mol. The zero-order valence-corrected chi connectivity index (χ0v) is 12.2. The van der Waals surface area contributed by atoms with Crippen LogP contribution in [0.15, 0.2) is 22.6 Å². The first-order chi connectivity index (χ1) is 10.3. The normalized spacial score (nSPS) is 13.6. The second-order valence-electron chi connectivity index (χ2n) is 5.03. The van der Waals surface area contributed by atoms with E-state index in [2.05, 4.69) is 15.6 Å². The number of aryl methyl sites for hydroxylation is 1. The molecule has 0 bridgehead atoms. The van der Waals surface area contributed by atoms with E-state index in [1.165, 1.54) is 0 Å². The molecule has 1 atom stereocenters. The molecule has 0 saturated carbocycles. The van der Waals surface area contributed by atoms with Crippen LogP contribution in [0.2, 0.25) is 0 Å². The van der Waals surface area contributed by atoms with Gasteiger partial charge in [0, 0.05) is 12.1 Å². The van der Waals surface area contributed by atoms with Gasteiger partial charge >= 0.3 is 12.0 Å². The number of oxazole rings is 1. The molecule has 0 radical (unpaired) electrons. The summed E-state index contributed by atoms with van der Waals surface area (Å²) in [5.41, 5.74) is -0.302. The number of amides is 2. The van der Waals surface area contributed by atoms with Crippen LogP contribution in [-0.4, -0.2) is 39.3 Å². The molecule has 2 aromatic rings. The summed E-state index contributed by atoms with van der Waals surface area (Å²) in [5, 5.41) is 23.1. The summed E-state index contributed by atoms with van der Waals surface area (Å²) in [5.74, 6) is -0.807. The minimum Gasteiger partial charge on any atom is -0.479 e. The molecule has 0 aliphatic carbocycles. The van der Waals surface area contributed by atoms with E-state index >= 15 is 0 Å². The highest BCUT2D eigenvalue weighted by Gasteiger charge is 2.30. The quantitative estimate of drug-likeness (QED) is 0.661. The van der Waals surface area contributed by atoms with Crippen molar-refractivity contribution < 1.29 is 24.2 Å². The standard InChI is InChI=1S/C14H17N3O5/c1-3-11-17-9-6-8(4-5-10(9)22-11)16-13(20)15-7-14(2,21)12(18)19/h4-6,21H,3,7H2,1-2H3,(H,18,19)(H2,15,16,20). The van der Waals surface area contributed by atoms with Gasteiger partial charge in [0.25, 0.3) is 0 Å². The molecule has 8 heteroatoms. The number of urea groups is 1. The Bertz CT molecular complexity index is 708. The van der Waals surface area contributed by atoms with Crippen LogP contribution < -0.4 is 10.6 Å². The van der Waals surface area contributed by atoms with Gasteiger partial charge in [0.2, 0.25) is 0 Å². The van der Waals surface area contributed by atoms with E-state index in [-0.39, 0.29) is 0 Å². The zero-order valence-electron chi connectivity index (χ0n) is 12.2. The Hall–Kier alpha value is -2.61. The van der Waals surface area contributed by atoms with Crippen molar-refractivity contribution >= 4 is 28.8 Å². The van der Waals surface area contributed by atoms with E-state index in [1.54, 1.807) is 18.2 Å². The molecule has 1 heterocycles. The fraction of sp³-hybridized carbons (Fsp3) is 0.357. The number of fused-ring (bicyclic) bond motifs is 1. The molecule has 118 valence electrons. The summed E-state index contributed by atoms with van der Waals surface area (Å²) in [6.45, 7) is 2.61. The Labute approximate surface area is 126 Å². The van der Waals surface area contributed by atoms with Crippen LogP contribution in [0.25, 0.3) is 11.1 Å². The average Bonchev–Trinajstić information content (AvgIpc) is 2.87. The summed E-state index contributed by atoms with van der Waals surface area (Å²) in [4.78, 5) is 26.7. The third-order valence-electron chi connectivity index (χ3n) is 3.05. The van der Waals surface area contributed by atoms with Crippen molar-refractivity contribution in [1.29, 1.82) is 0 Å². The summed E-state index contributed by atoms with van der Waals surface area (Å²) in [6.07, 6.45) is 0.669. The monoisotopic (exact) mass is 307 g/mol. The molecule has 1 aromatic heterocycles. The number of rotatable bonds is 5. The van der Waals surface area contributed by atoms with E-state index in [0.29, 0.717) is 29.1 Å². The molecule has 2 amide bonds. The number of hydrogen-bond donors (Lipinski definition) is 4. The molecule has 0 aliphatic heterocycles. The molecule has 1 unspecified atom stereocenters. The summed E-state index contributed by atoms with van der Waals surface area (Å²) >= 11 is 0. The highest BCUT2D eigenvalue weighted by Crippen LogP contribution is 2.20. The number of benzene rings is 1. The van der Waals surface area contributed by atoms with Gasteiger partial charge in [0.15, 0.2) is 17.1 Å². The van der Waals surface area contributed by atoms with Crippen LogP contribution >= 0.6 is 0 Å². The van der Waals surface area contributed by atoms with Crippen LogP contribution in [0.4, 0.5) is 10.5 Å². The Morgan fingerprint density at radius 2 is 2.14 bits per heavy atom. The smallest absolute Gasteiger partial charge is 0.337 e. The van der Waals surface area contributed by atoms with Gasteiger partial charge in [-0.05, 0) is 25.1 Å². The van der Waals surface area contributed by atoms with Gasteiger partial charge < -0.3 is 25.3 Å². The van der Waals surface area contributed by atoms with Crippen molar-refractivity contribution in [3.63, 3.8) is 0 Å². The SMILES string of the molecule is CCc1nc2cc(NC(=O)NCC(C)(O)C(=O)O)ccc2o1. The van der Waals surface area contributed by atoms with Crippen molar-refractivity contribution in [3.05, 3.63) is 24.1 Å². The zero-order chi connectivity index (χ0) is 16.3. The number of nitrogens with zero attached hydrogens (tertiary/aromatic N) is 1. The number of hydrogen-bond acceptors (Lipinski definition) is 5. The number of carbonyl (C=O) groups excluding carboxylic acids is 1. The maximum Gasteiger partial charge on any atom is 0.337 e. The molecule has 8 nitrogen and oxygen atoms in total.